The molecule has 1 N–H and O–H groups in total. The molecule has 2 aromatic carbocycles. The summed E-state index contributed by atoms with van der Waals surface area (Å²) in [5.41, 5.74) is 1.83. The van der Waals surface area contributed by atoms with Crippen molar-refractivity contribution < 1.29 is 14.3 Å². The van der Waals surface area contributed by atoms with Crippen molar-refractivity contribution in [2.45, 2.75) is 40.2 Å². The van der Waals surface area contributed by atoms with Gasteiger partial charge in [0.25, 0.3) is 5.91 Å². The van der Waals surface area contributed by atoms with Gasteiger partial charge in [-0.25, -0.2) is 0 Å². The van der Waals surface area contributed by atoms with Crippen molar-refractivity contribution in [1.82, 2.24) is 0 Å². The fraction of sp³-hybridized carbons (Fsp3) is 0.381. The molecule has 2 aromatic rings. The van der Waals surface area contributed by atoms with Crippen LogP contribution in [0.1, 0.15) is 32.8 Å². The molecule has 0 saturated carbocycles. The lowest BCUT2D eigenvalue weighted by Gasteiger charge is -2.18. The molecule has 0 heterocycles. The molecule has 0 aromatic heterocycles. The van der Waals surface area contributed by atoms with Crippen molar-refractivity contribution in [3.05, 3.63) is 54.1 Å². The van der Waals surface area contributed by atoms with E-state index in [1.807, 2.05) is 62.4 Å². The van der Waals surface area contributed by atoms with Crippen molar-refractivity contribution in [2.24, 2.45) is 5.92 Å². The van der Waals surface area contributed by atoms with E-state index in [1.54, 1.807) is 0 Å². The normalized spacial score (nSPS) is 11.9. The summed E-state index contributed by atoms with van der Waals surface area (Å²) < 4.78 is 11.5. The van der Waals surface area contributed by atoms with Crippen LogP contribution in [0.5, 0.6) is 11.5 Å². The Labute approximate surface area is 150 Å². The second kappa shape index (κ2) is 9.11. The zero-order chi connectivity index (χ0) is 18.2. The second-order valence-corrected chi connectivity index (χ2v) is 6.55. The molecule has 0 radical (unpaired) electrons. The number of carbonyl (C=O) groups is 1. The number of ether oxygens (including phenoxy) is 2. The van der Waals surface area contributed by atoms with Crippen LogP contribution in [0.2, 0.25) is 0 Å². The van der Waals surface area contributed by atoms with E-state index in [2.05, 4.69) is 19.2 Å². The quantitative estimate of drug-likeness (QED) is 0.748. The van der Waals surface area contributed by atoms with Crippen LogP contribution in [-0.4, -0.2) is 18.6 Å². The molecule has 0 fully saturated rings. The molecule has 0 aliphatic rings. The van der Waals surface area contributed by atoms with Crippen molar-refractivity contribution in [3.63, 3.8) is 0 Å². The van der Waals surface area contributed by atoms with Crippen molar-refractivity contribution >= 4 is 11.6 Å². The van der Waals surface area contributed by atoms with Crippen LogP contribution in [0.25, 0.3) is 0 Å². The maximum atomic E-state index is 12.5. The highest BCUT2D eigenvalue weighted by atomic mass is 16.5. The Kier molecular flexibility index (Phi) is 6.87. The van der Waals surface area contributed by atoms with Crippen molar-refractivity contribution in [3.8, 4) is 11.5 Å². The van der Waals surface area contributed by atoms with Gasteiger partial charge in [0, 0.05) is 5.69 Å². The number of benzene rings is 2. The fourth-order valence-electron chi connectivity index (χ4n) is 2.30. The fourth-order valence-corrected chi connectivity index (χ4v) is 2.30. The first-order valence-electron chi connectivity index (χ1n) is 8.75. The molecule has 0 bridgehead atoms. The highest BCUT2D eigenvalue weighted by Crippen LogP contribution is 2.19. The molecule has 1 unspecified atom stereocenters. The average molecular weight is 341 g/mol. The molecule has 0 aliphatic carbocycles. The summed E-state index contributed by atoms with van der Waals surface area (Å²) >= 11 is 0. The maximum absolute atomic E-state index is 12.5. The van der Waals surface area contributed by atoms with Gasteiger partial charge < -0.3 is 14.8 Å². The Bertz CT molecular complexity index is 680. The summed E-state index contributed by atoms with van der Waals surface area (Å²) in [7, 11) is 0. The number of rotatable bonds is 8. The standard InChI is InChI=1S/C21H27NO3/c1-5-20(25-19-8-6-7-16(4)13-19)21(23)22-17-9-11-18(12-10-17)24-14-15(2)3/h6-13,15,20H,5,14H2,1-4H3,(H,22,23). The molecular formula is C21H27NO3. The lowest BCUT2D eigenvalue weighted by molar-refractivity contribution is -0.122. The van der Waals surface area contributed by atoms with Gasteiger partial charge in [-0.2, -0.15) is 0 Å². The zero-order valence-corrected chi connectivity index (χ0v) is 15.4. The van der Waals surface area contributed by atoms with Gasteiger partial charge >= 0.3 is 0 Å². The Morgan fingerprint density at radius 1 is 1.08 bits per heavy atom. The number of aryl methyl sites for hydroxylation is 1. The molecule has 4 heteroatoms. The summed E-state index contributed by atoms with van der Waals surface area (Å²) in [5, 5.41) is 2.90. The van der Waals surface area contributed by atoms with Crippen molar-refractivity contribution in [1.29, 1.82) is 0 Å². The molecule has 4 nitrogen and oxygen atoms in total. The molecular weight excluding hydrogens is 314 g/mol. The number of anilines is 1. The van der Waals surface area contributed by atoms with Gasteiger partial charge in [0.15, 0.2) is 6.10 Å². The van der Waals surface area contributed by atoms with E-state index in [1.165, 1.54) is 0 Å². The molecule has 0 aliphatic heterocycles. The van der Waals surface area contributed by atoms with Gasteiger partial charge in [-0.05, 0) is 61.2 Å². The zero-order valence-electron chi connectivity index (χ0n) is 15.4. The molecule has 25 heavy (non-hydrogen) atoms. The van der Waals surface area contributed by atoms with Gasteiger partial charge in [0.05, 0.1) is 6.61 Å². The first-order chi connectivity index (χ1) is 12.0. The van der Waals surface area contributed by atoms with Crippen LogP contribution < -0.4 is 14.8 Å². The number of hydrogen-bond donors (Lipinski definition) is 1. The Morgan fingerprint density at radius 2 is 1.80 bits per heavy atom. The van der Waals surface area contributed by atoms with E-state index in [0.717, 1.165) is 17.0 Å². The van der Waals surface area contributed by atoms with Gasteiger partial charge in [-0.1, -0.05) is 32.9 Å². The molecule has 2 rings (SSSR count). The van der Waals surface area contributed by atoms with Crippen LogP contribution in [0.15, 0.2) is 48.5 Å². The van der Waals surface area contributed by atoms with Crippen LogP contribution in [0.3, 0.4) is 0 Å². The van der Waals surface area contributed by atoms with Gasteiger partial charge in [0.1, 0.15) is 11.5 Å². The minimum atomic E-state index is -0.529. The summed E-state index contributed by atoms with van der Waals surface area (Å²) in [4.78, 5) is 12.5. The van der Waals surface area contributed by atoms with Crippen LogP contribution in [0.4, 0.5) is 5.69 Å². The van der Waals surface area contributed by atoms with Crippen LogP contribution in [-0.2, 0) is 4.79 Å². The van der Waals surface area contributed by atoms with Crippen LogP contribution in [0, 0.1) is 12.8 Å². The first-order valence-corrected chi connectivity index (χ1v) is 8.75. The average Bonchev–Trinajstić information content (AvgIpc) is 2.59. The summed E-state index contributed by atoms with van der Waals surface area (Å²) in [6, 6.07) is 15.1. The number of hydrogen-bond acceptors (Lipinski definition) is 3. The molecule has 1 amide bonds. The smallest absolute Gasteiger partial charge is 0.265 e. The second-order valence-electron chi connectivity index (χ2n) is 6.55. The van der Waals surface area contributed by atoms with Gasteiger partial charge in [-0.15, -0.1) is 0 Å². The topological polar surface area (TPSA) is 47.6 Å². The van der Waals surface area contributed by atoms with E-state index in [-0.39, 0.29) is 5.91 Å². The lowest BCUT2D eigenvalue weighted by Crippen LogP contribution is -2.32. The third-order valence-corrected chi connectivity index (χ3v) is 3.64. The van der Waals surface area contributed by atoms with E-state index in [0.29, 0.717) is 24.7 Å². The molecule has 1 atom stereocenters. The minimum absolute atomic E-state index is 0.153. The highest BCUT2D eigenvalue weighted by Gasteiger charge is 2.18. The van der Waals surface area contributed by atoms with Gasteiger partial charge in [-0.3, -0.25) is 4.79 Å². The number of carbonyl (C=O) groups excluding carboxylic acids is 1. The minimum Gasteiger partial charge on any atom is -0.493 e. The van der Waals surface area contributed by atoms with Crippen LogP contribution >= 0.6 is 0 Å². The third-order valence-electron chi connectivity index (χ3n) is 3.64. The number of nitrogens with one attached hydrogen (secondary N) is 1. The Morgan fingerprint density at radius 3 is 2.40 bits per heavy atom. The van der Waals surface area contributed by atoms with E-state index in [4.69, 9.17) is 9.47 Å². The third kappa shape index (κ3) is 6.14. The largest absolute Gasteiger partial charge is 0.493 e. The Hall–Kier alpha value is -2.49. The molecule has 134 valence electrons. The summed E-state index contributed by atoms with van der Waals surface area (Å²) in [5.74, 6) is 1.83. The Balaban J connectivity index is 1.94. The van der Waals surface area contributed by atoms with Gasteiger partial charge in [0.2, 0.25) is 0 Å². The predicted octanol–water partition coefficient (Wildman–Crippen LogP) is 4.83. The SMILES string of the molecule is CCC(Oc1cccc(C)c1)C(=O)Nc1ccc(OCC(C)C)cc1. The molecule has 0 saturated heterocycles. The lowest BCUT2D eigenvalue weighted by atomic mass is 10.2. The maximum Gasteiger partial charge on any atom is 0.265 e. The monoisotopic (exact) mass is 341 g/mol. The molecule has 0 spiro atoms. The highest BCUT2D eigenvalue weighted by molar-refractivity contribution is 5.94. The van der Waals surface area contributed by atoms with E-state index in [9.17, 15) is 4.79 Å². The van der Waals surface area contributed by atoms with Crippen molar-refractivity contribution in [2.75, 3.05) is 11.9 Å². The summed E-state index contributed by atoms with van der Waals surface area (Å²) in [6.45, 7) is 8.81. The van der Waals surface area contributed by atoms with E-state index >= 15 is 0 Å². The predicted molar refractivity (Wildman–Crippen MR) is 101 cm³/mol. The summed E-state index contributed by atoms with van der Waals surface area (Å²) in [6.07, 6.45) is 0.0636. The first kappa shape index (κ1) is 18.8. The van der Waals surface area contributed by atoms with E-state index < -0.39 is 6.10 Å². The number of amides is 1.